The predicted molar refractivity (Wildman–Crippen MR) is 93.8 cm³/mol. The number of ether oxygens (including phenoxy) is 1. The van der Waals surface area contributed by atoms with Crippen LogP contribution in [0.5, 0.6) is 5.75 Å². The Labute approximate surface area is 145 Å². The van der Waals surface area contributed by atoms with Gasteiger partial charge in [-0.15, -0.1) is 0 Å². The van der Waals surface area contributed by atoms with Crippen molar-refractivity contribution in [2.45, 2.75) is 13.8 Å². The number of benzene rings is 2. The van der Waals surface area contributed by atoms with E-state index in [2.05, 4.69) is 10.4 Å². The highest BCUT2D eigenvalue weighted by Gasteiger charge is 2.15. The quantitative estimate of drug-likeness (QED) is 0.765. The predicted octanol–water partition coefficient (Wildman–Crippen LogP) is 3.97. The first-order valence-corrected chi connectivity index (χ1v) is 7.93. The molecule has 1 N–H and O–H groups in total. The summed E-state index contributed by atoms with van der Waals surface area (Å²) in [5, 5.41) is 7.06. The molecule has 0 bridgehead atoms. The molecule has 0 unspecified atom stereocenters. The fourth-order valence-electron chi connectivity index (χ4n) is 2.47. The number of anilines is 1. The van der Waals surface area contributed by atoms with Gasteiger partial charge in [-0.3, -0.25) is 4.79 Å². The maximum absolute atomic E-state index is 13.1. The third kappa shape index (κ3) is 3.68. The van der Waals surface area contributed by atoms with Gasteiger partial charge in [0.1, 0.15) is 11.6 Å². The molecule has 5 nitrogen and oxygen atoms in total. The second kappa shape index (κ2) is 7.17. The molecule has 0 fully saturated rings. The Morgan fingerprint density at radius 2 is 1.84 bits per heavy atom. The van der Waals surface area contributed by atoms with Gasteiger partial charge in [0.05, 0.1) is 29.7 Å². The number of carbonyl (C=O) groups is 1. The van der Waals surface area contributed by atoms with Crippen molar-refractivity contribution >= 4 is 11.6 Å². The zero-order valence-corrected chi connectivity index (χ0v) is 14.0. The average Bonchev–Trinajstić information content (AvgIpc) is 2.99. The van der Waals surface area contributed by atoms with Crippen LogP contribution in [0.1, 0.15) is 23.0 Å². The maximum atomic E-state index is 13.1. The molecule has 0 aliphatic heterocycles. The second-order valence-corrected chi connectivity index (χ2v) is 5.44. The van der Waals surface area contributed by atoms with E-state index in [1.807, 2.05) is 6.92 Å². The van der Waals surface area contributed by atoms with Gasteiger partial charge in [0.15, 0.2) is 0 Å². The number of rotatable bonds is 5. The van der Waals surface area contributed by atoms with Gasteiger partial charge >= 0.3 is 0 Å². The molecule has 3 aromatic rings. The smallest absolute Gasteiger partial charge is 0.259 e. The van der Waals surface area contributed by atoms with E-state index in [1.54, 1.807) is 48.0 Å². The summed E-state index contributed by atoms with van der Waals surface area (Å²) in [6.07, 6.45) is 1.50. The Morgan fingerprint density at radius 3 is 2.48 bits per heavy atom. The lowest BCUT2D eigenvalue weighted by atomic mass is 10.2. The Balaban J connectivity index is 1.77. The minimum atomic E-state index is -0.318. The van der Waals surface area contributed by atoms with Crippen molar-refractivity contribution in [3.63, 3.8) is 0 Å². The largest absolute Gasteiger partial charge is 0.494 e. The van der Waals surface area contributed by atoms with E-state index >= 15 is 0 Å². The molecule has 0 aliphatic carbocycles. The summed E-state index contributed by atoms with van der Waals surface area (Å²) in [5.41, 5.74) is 2.50. The van der Waals surface area contributed by atoms with Crippen molar-refractivity contribution in [2.75, 3.05) is 11.9 Å². The number of hydrogen-bond donors (Lipinski definition) is 1. The molecular weight excluding hydrogens is 321 g/mol. The fraction of sp³-hybridized carbons (Fsp3) is 0.158. The number of hydrogen-bond acceptors (Lipinski definition) is 3. The third-order valence-corrected chi connectivity index (χ3v) is 3.75. The Bertz CT molecular complexity index is 871. The van der Waals surface area contributed by atoms with E-state index in [-0.39, 0.29) is 11.7 Å². The van der Waals surface area contributed by atoms with Crippen LogP contribution in [0.4, 0.5) is 10.1 Å². The highest BCUT2D eigenvalue weighted by Crippen LogP contribution is 2.19. The van der Waals surface area contributed by atoms with Gasteiger partial charge in [-0.2, -0.15) is 5.10 Å². The molecular formula is C19H18FN3O2. The zero-order chi connectivity index (χ0) is 17.8. The molecule has 1 aromatic heterocycles. The van der Waals surface area contributed by atoms with Gasteiger partial charge in [0.25, 0.3) is 5.91 Å². The molecule has 6 heteroatoms. The van der Waals surface area contributed by atoms with E-state index in [0.29, 0.717) is 29.2 Å². The first kappa shape index (κ1) is 16.7. The number of aromatic nitrogens is 2. The lowest BCUT2D eigenvalue weighted by Gasteiger charge is -2.08. The standard InChI is InChI=1S/C19H18FN3O2/c1-3-25-17-10-6-15(7-11-17)22-19(24)18-12-21-23(13(18)2)16-8-4-14(20)5-9-16/h4-12H,3H2,1-2H3,(H,22,24). The molecule has 0 aliphatic rings. The summed E-state index contributed by atoms with van der Waals surface area (Å²) in [6.45, 7) is 4.30. The molecule has 128 valence electrons. The van der Waals surface area contributed by atoms with Crippen LogP contribution in [0.2, 0.25) is 0 Å². The summed E-state index contributed by atoms with van der Waals surface area (Å²) < 4.78 is 20.0. The molecule has 0 atom stereocenters. The molecule has 0 spiro atoms. The number of nitrogens with zero attached hydrogens (tertiary/aromatic N) is 2. The van der Waals surface area contributed by atoms with Crippen molar-refractivity contribution in [1.82, 2.24) is 9.78 Å². The van der Waals surface area contributed by atoms with Gasteiger partial charge in [-0.1, -0.05) is 0 Å². The first-order valence-electron chi connectivity index (χ1n) is 7.93. The van der Waals surface area contributed by atoms with Crippen LogP contribution < -0.4 is 10.1 Å². The summed E-state index contributed by atoms with van der Waals surface area (Å²) in [7, 11) is 0. The minimum absolute atomic E-state index is 0.255. The fourth-order valence-corrected chi connectivity index (χ4v) is 2.47. The van der Waals surface area contributed by atoms with E-state index < -0.39 is 0 Å². The highest BCUT2D eigenvalue weighted by atomic mass is 19.1. The van der Waals surface area contributed by atoms with Crippen LogP contribution in [0.15, 0.2) is 54.7 Å². The van der Waals surface area contributed by atoms with Gasteiger partial charge in [0.2, 0.25) is 0 Å². The molecule has 0 saturated heterocycles. The van der Waals surface area contributed by atoms with Crippen LogP contribution in [0.3, 0.4) is 0 Å². The Hall–Kier alpha value is -3.15. The topological polar surface area (TPSA) is 56.1 Å². The average molecular weight is 339 g/mol. The van der Waals surface area contributed by atoms with E-state index in [9.17, 15) is 9.18 Å². The van der Waals surface area contributed by atoms with Crippen LogP contribution in [-0.4, -0.2) is 22.3 Å². The van der Waals surface area contributed by atoms with Crippen molar-refractivity contribution in [1.29, 1.82) is 0 Å². The third-order valence-electron chi connectivity index (χ3n) is 3.75. The van der Waals surface area contributed by atoms with Gasteiger partial charge in [-0.25, -0.2) is 9.07 Å². The summed E-state index contributed by atoms with van der Waals surface area (Å²) in [5.74, 6) is 0.179. The summed E-state index contributed by atoms with van der Waals surface area (Å²) in [6, 6.07) is 13.1. The zero-order valence-electron chi connectivity index (χ0n) is 14.0. The summed E-state index contributed by atoms with van der Waals surface area (Å²) in [4.78, 5) is 12.5. The Morgan fingerprint density at radius 1 is 1.16 bits per heavy atom. The lowest BCUT2D eigenvalue weighted by Crippen LogP contribution is -2.13. The number of halogens is 1. The second-order valence-electron chi connectivity index (χ2n) is 5.44. The van der Waals surface area contributed by atoms with Crippen LogP contribution >= 0.6 is 0 Å². The van der Waals surface area contributed by atoms with Crippen molar-refractivity contribution in [3.8, 4) is 11.4 Å². The normalized spacial score (nSPS) is 10.5. The first-order chi connectivity index (χ1) is 12.1. The monoisotopic (exact) mass is 339 g/mol. The van der Waals surface area contributed by atoms with E-state index in [4.69, 9.17) is 4.74 Å². The Kier molecular flexibility index (Phi) is 4.79. The number of nitrogens with one attached hydrogen (secondary N) is 1. The van der Waals surface area contributed by atoms with Gasteiger partial charge in [-0.05, 0) is 62.4 Å². The molecule has 3 rings (SSSR count). The maximum Gasteiger partial charge on any atom is 0.259 e. The SMILES string of the molecule is CCOc1ccc(NC(=O)c2cnn(-c3ccc(F)cc3)c2C)cc1. The van der Waals surface area contributed by atoms with Crippen LogP contribution in [-0.2, 0) is 0 Å². The molecule has 1 heterocycles. The van der Waals surface area contributed by atoms with E-state index in [1.165, 1.54) is 18.3 Å². The van der Waals surface area contributed by atoms with Gasteiger partial charge < -0.3 is 10.1 Å². The van der Waals surface area contributed by atoms with Crippen molar-refractivity contribution in [3.05, 3.63) is 71.8 Å². The lowest BCUT2D eigenvalue weighted by molar-refractivity contribution is 0.102. The van der Waals surface area contributed by atoms with Crippen LogP contribution in [0, 0.1) is 12.7 Å². The number of amides is 1. The molecule has 1 amide bonds. The molecule has 2 aromatic carbocycles. The molecule has 0 radical (unpaired) electrons. The van der Waals surface area contributed by atoms with Crippen LogP contribution in [0.25, 0.3) is 5.69 Å². The summed E-state index contributed by atoms with van der Waals surface area (Å²) >= 11 is 0. The molecule has 25 heavy (non-hydrogen) atoms. The number of carbonyl (C=O) groups excluding carboxylic acids is 1. The van der Waals surface area contributed by atoms with E-state index in [0.717, 1.165) is 5.75 Å². The van der Waals surface area contributed by atoms with Crippen molar-refractivity contribution in [2.24, 2.45) is 0 Å². The highest BCUT2D eigenvalue weighted by molar-refractivity contribution is 6.05. The minimum Gasteiger partial charge on any atom is -0.494 e. The van der Waals surface area contributed by atoms with Gasteiger partial charge in [0, 0.05) is 5.69 Å². The van der Waals surface area contributed by atoms with Crippen molar-refractivity contribution < 1.29 is 13.9 Å². The molecule has 0 saturated carbocycles.